The van der Waals surface area contributed by atoms with Gasteiger partial charge in [-0.1, -0.05) is 23.1 Å². The minimum Gasteiger partial charge on any atom is -0.477 e. The van der Waals surface area contributed by atoms with Gasteiger partial charge in [0.05, 0.1) is 6.07 Å². The predicted molar refractivity (Wildman–Crippen MR) is 109 cm³/mol. The third kappa shape index (κ3) is 4.77. The van der Waals surface area contributed by atoms with Gasteiger partial charge < -0.3 is 10.4 Å². The summed E-state index contributed by atoms with van der Waals surface area (Å²) in [5, 5.41) is 28.5. The molecule has 2 aliphatic rings. The molecule has 0 unspecified atom stereocenters. The number of rotatable bonds is 8. The normalized spacial score (nSPS) is 20.9. The highest BCUT2D eigenvalue weighted by atomic mass is 32.2. The molecule has 2 amide bonds. The van der Waals surface area contributed by atoms with Crippen molar-refractivity contribution < 1.29 is 27.9 Å². The van der Waals surface area contributed by atoms with Gasteiger partial charge in [-0.05, 0) is 12.5 Å². The summed E-state index contributed by atoms with van der Waals surface area (Å²) in [5.41, 5.74) is 0.427. The molecule has 1 fully saturated rings. The van der Waals surface area contributed by atoms with Gasteiger partial charge in [0.1, 0.15) is 33.6 Å². The lowest BCUT2D eigenvalue weighted by atomic mass is 10.0. The Kier molecular flexibility index (Phi) is 6.70. The number of nitrogens with zero attached hydrogens (tertiary/aromatic N) is 4. The molecule has 2 N–H and O–H groups in total. The molecule has 0 radical (unpaired) electrons. The van der Waals surface area contributed by atoms with Crippen molar-refractivity contribution in [1.82, 2.24) is 20.4 Å². The Hall–Kier alpha value is -2.15. The van der Waals surface area contributed by atoms with Gasteiger partial charge in [-0.2, -0.15) is 5.26 Å². The lowest BCUT2D eigenvalue weighted by molar-refractivity contribution is -0.150. The van der Waals surface area contributed by atoms with Crippen LogP contribution in [-0.4, -0.2) is 80.8 Å². The second-order valence-corrected chi connectivity index (χ2v) is 11.9. The van der Waals surface area contributed by atoms with E-state index in [9.17, 15) is 27.9 Å². The number of carboxylic acids is 1. The summed E-state index contributed by atoms with van der Waals surface area (Å²) >= 11 is 4.00. The molecule has 11 nitrogen and oxygen atoms in total. The van der Waals surface area contributed by atoms with Crippen LogP contribution in [0.5, 0.6) is 0 Å². The number of amides is 2. The van der Waals surface area contributed by atoms with E-state index >= 15 is 0 Å². The van der Waals surface area contributed by atoms with Gasteiger partial charge in [-0.3, -0.25) is 14.5 Å². The van der Waals surface area contributed by atoms with Gasteiger partial charge in [0.2, 0.25) is 5.91 Å². The monoisotopic (exact) mass is 489 g/mol. The third-order valence-electron chi connectivity index (χ3n) is 4.08. The number of aliphatic carboxylic acids is 1. The van der Waals surface area contributed by atoms with Crippen LogP contribution in [0.4, 0.5) is 0 Å². The molecular weight excluding hydrogens is 474 g/mol. The van der Waals surface area contributed by atoms with Crippen molar-refractivity contribution in [1.29, 1.82) is 5.26 Å². The number of nitriles is 1. The van der Waals surface area contributed by atoms with Crippen LogP contribution in [0.3, 0.4) is 0 Å². The number of hydrogen-bond acceptors (Lipinski definition) is 11. The fourth-order valence-electron chi connectivity index (χ4n) is 2.84. The van der Waals surface area contributed by atoms with Crippen molar-refractivity contribution in [2.24, 2.45) is 0 Å². The molecule has 1 saturated heterocycles. The van der Waals surface area contributed by atoms with Gasteiger partial charge >= 0.3 is 5.97 Å². The molecule has 2 atom stereocenters. The number of β-lactam (4-membered cyclic amide) rings is 1. The highest BCUT2D eigenvalue weighted by Gasteiger charge is 2.54. The number of aryl methyl sites for hydroxylation is 1. The zero-order valence-corrected chi connectivity index (χ0v) is 18.7. The Bertz CT molecular complexity index is 1080. The highest BCUT2D eigenvalue weighted by molar-refractivity contribution is 8.01. The molecule has 0 aliphatic carbocycles. The van der Waals surface area contributed by atoms with Crippen LogP contribution in [0.25, 0.3) is 0 Å². The van der Waals surface area contributed by atoms with E-state index in [1.54, 1.807) is 0 Å². The second-order valence-electron chi connectivity index (χ2n) is 6.28. The molecule has 1 aromatic heterocycles. The van der Waals surface area contributed by atoms with E-state index in [4.69, 9.17) is 5.26 Å². The highest BCUT2D eigenvalue weighted by Crippen LogP contribution is 2.41. The van der Waals surface area contributed by atoms with Crippen molar-refractivity contribution in [3.63, 3.8) is 0 Å². The topological polar surface area (TPSA) is 170 Å². The molecule has 0 spiro atoms. The van der Waals surface area contributed by atoms with Gasteiger partial charge in [0.25, 0.3) is 5.91 Å². The summed E-state index contributed by atoms with van der Waals surface area (Å²) in [6.07, 6.45) is 0. The van der Waals surface area contributed by atoms with E-state index in [0.717, 1.165) is 9.91 Å². The summed E-state index contributed by atoms with van der Waals surface area (Å²) in [6.45, 7) is 1.81. The molecule has 30 heavy (non-hydrogen) atoms. The number of thioether (sulfide) groups is 2. The van der Waals surface area contributed by atoms with E-state index in [-0.39, 0.29) is 5.70 Å². The fourth-order valence-corrected chi connectivity index (χ4v) is 6.93. The maximum atomic E-state index is 12.5. The average Bonchev–Trinajstić information content (AvgIpc) is 3.08. The molecule has 1 aromatic rings. The van der Waals surface area contributed by atoms with Crippen LogP contribution >= 0.6 is 34.9 Å². The Labute approximate surface area is 183 Å². The van der Waals surface area contributed by atoms with E-state index in [1.165, 1.54) is 40.9 Å². The van der Waals surface area contributed by atoms with Gasteiger partial charge in [0, 0.05) is 11.5 Å². The number of fused-ring (bicyclic) bond motifs is 1. The third-order valence-corrected chi connectivity index (χ3v) is 8.75. The summed E-state index contributed by atoms with van der Waals surface area (Å²) in [5.74, 6) is -3.83. The summed E-state index contributed by atoms with van der Waals surface area (Å²) in [6, 6.07) is 0.449. The summed E-state index contributed by atoms with van der Waals surface area (Å²) < 4.78 is 23.9. The van der Waals surface area contributed by atoms with E-state index < -0.39 is 50.5 Å². The lowest BCUT2D eigenvalue weighted by Gasteiger charge is -2.49. The minimum atomic E-state index is -3.89. The van der Waals surface area contributed by atoms with Gasteiger partial charge in [0.15, 0.2) is 14.2 Å². The predicted octanol–water partition coefficient (Wildman–Crippen LogP) is -0.384. The van der Waals surface area contributed by atoms with Crippen LogP contribution in [0, 0.1) is 18.3 Å². The number of carbonyl (C=O) groups excluding carboxylic acids is 2. The maximum absolute atomic E-state index is 12.5. The van der Waals surface area contributed by atoms with Gasteiger partial charge in [-0.15, -0.1) is 22.0 Å². The molecule has 15 heteroatoms. The summed E-state index contributed by atoms with van der Waals surface area (Å²) in [4.78, 5) is 37.4. The first-order valence-corrected chi connectivity index (χ1v) is 13.0. The molecule has 0 bridgehead atoms. The largest absolute Gasteiger partial charge is 0.477 e. The number of sulfone groups is 1. The quantitative estimate of drug-likeness (QED) is 0.360. The Morgan fingerprint density at radius 3 is 2.77 bits per heavy atom. The van der Waals surface area contributed by atoms with Crippen LogP contribution in [0.1, 0.15) is 5.01 Å². The van der Waals surface area contributed by atoms with Crippen molar-refractivity contribution >= 4 is 62.5 Å². The number of carbonyl (C=O) groups is 3. The first-order valence-electron chi connectivity index (χ1n) is 8.32. The number of nitrogens with one attached hydrogen (secondary N) is 1. The molecular formula is C15H15N5O6S4. The molecule has 2 aliphatic heterocycles. The summed E-state index contributed by atoms with van der Waals surface area (Å²) in [7, 11) is -3.89. The zero-order chi connectivity index (χ0) is 22.1. The van der Waals surface area contributed by atoms with E-state index in [2.05, 4.69) is 15.5 Å². The first kappa shape index (κ1) is 22.5. The maximum Gasteiger partial charge on any atom is 0.352 e. The molecule has 160 valence electrons. The number of hydrogen-bond donors (Lipinski definition) is 2. The second kappa shape index (κ2) is 8.92. The van der Waals surface area contributed by atoms with Crippen LogP contribution in [-0.2, 0) is 24.2 Å². The number of carboxylic acid groups (broad SMARTS) is 1. The van der Waals surface area contributed by atoms with Crippen molar-refractivity contribution in [2.75, 3.05) is 23.0 Å². The first-order chi connectivity index (χ1) is 14.1. The van der Waals surface area contributed by atoms with Crippen LogP contribution in [0.15, 0.2) is 15.6 Å². The molecule has 0 saturated carbocycles. The van der Waals surface area contributed by atoms with Crippen molar-refractivity contribution in [3.05, 3.63) is 16.3 Å². The Morgan fingerprint density at radius 2 is 2.17 bits per heavy atom. The van der Waals surface area contributed by atoms with Crippen LogP contribution < -0.4 is 5.32 Å². The van der Waals surface area contributed by atoms with Gasteiger partial charge in [-0.25, -0.2) is 13.2 Å². The SMILES string of the molecule is Cc1nnc(SCC2=C(C(=O)O)N3C(=O)[C@@H](NC(=O)CS(=O)(=O)CC#N)[C@H]3SC2)s1. The Balaban J connectivity index is 1.69. The smallest absolute Gasteiger partial charge is 0.352 e. The minimum absolute atomic E-state index is 0.125. The molecule has 3 rings (SSSR count). The fraction of sp³-hybridized carbons (Fsp3) is 0.467. The molecule has 3 heterocycles. The van der Waals surface area contributed by atoms with E-state index in [0.29, 0.717) is 21.4 Å². The Morgan fingerprint density at radius 1 is 1.43 bits per heavy atom. The lowest BCUT2D eigenvalue weighted by Crippen LogP contribution is -2.71. The average molecular weight is 490 g/mol. The van der Waals surface area contributed by atoms with Crippen molar-refractivity contribution in [2.45, 2.75) is 22.7 Å². The van der Waals surface area contributed by atoms with E-state index in [1.807, 2.05) is 6.92 Å². The standard InChI is InChI=1S/C15H15N5O6S4/c1-7-18-19-15(29-7)28-5-8-4-27-13-10(12(22)20(13)11(8)14(23)24)17-9(21)6-30(25,26)3-2-16/h10,13H,3-6H2,1H3,(H,17,21)(H,23,24)/t10-,13-/m1/s1. The van der Waals surface area contributed by atoms with Crippen LogP contribution in [0.2, 0.25) is 0 Å². The molecule has 0 aromatic carbocycles. The zero-order valence-electron chi connectivity index (χ0n) is 15.4. The van der Waals surface area contributed by atoms with Crippen molar-refractivity contribution in [3.8, 4) is 6.07 Å². The number of aromatic nitrogens is 2.